The molecule has 0 bridgehead atoms. The van der Waals surface area contributed by atoms with Gasteiger partial charge in [-0.05, 0) is 62.7 Å². The number of hydrogen-bond acceptors (Lipinski definition) is 2. The summed E-state index contributed by atoms with van der Waals surface area (Å²) in [6.45, 7) is 0.777. The van der Waals surface area contributed by atoms with E-state index in [0.717, 1.165) is 39.3 Å². The Hall–Kier alpha value is -3.45. The Morgan fingerprint density at radius 1 is 0.879 bits per heavy atom. The van der Waals surface area contributed by atoms with Crippen molar-refractivity contribution in [2.75, 3.05) is 0 Å². The lowest BCUT2D eigenvalue weighted by atomic mass is 10.0. The molecule has 0 atom stereocenters. The van der Waals surface area contributed by atoms with Crippen molar-refractivity contribution in [1.82, 2.24) is 9.99 Å². The predicted octanol–water partition coefficient (Wildman–Crippen LogP) is 6.14. The molecule has 0 fully saturated rings. The van der Waals surface area contributed by atoms with Gasteiger partial charge in [-0.2, -0.15) is 5.10 Å². The molecular formula is C28H22IN3O. The van der Waals surface area contributed by atoms with Gasteiger partial charge in [0.1, 0.15) is 0 Å². The molecule has 0 spiro atoms. The number of rotatable bonds is 6. The summed E-state index contributed by atoms with van der Waals surface area (Å²) in [5.74, 6) is -0.134. The monoisotopic (exact) mass is 543 g/mol. The lowest BCUT2D eigenvalue weighted by molar-refractivity contribution is -0.120. The third-order valence-corrected chi connectivity index (χ3v) is 6.43. The molecule has 4 nitrogen and oxygen atoms in total. The Kier molecular flexibility index (Phi) is 6.21. The SMILES string of the molecule is O=C(Cc1cccc2ccccc12)N/N=C\c1cn(Cc2ccc(I)cc2)c2ccccc12. The molecule has 0 saturated heterocycles. The average Bonchev–Trinajstić information content (AvgIpc) is 3.18. The number of amides is 1. The van der Waals surface area contributed by atoms with Crippen LogP contribution in [0.3, 0.4) is 0 Å². The topological polar surface area (TPSA) is 46.4 Å². The summed E-state index contributed by atoms with van der Waals surface area (Å²) in [6.07, 6.45) is 4.10. The molecule has 1 N–H and O–H groups in total. The van der Waals surface area contributed by atoms with Crippen LogP contribution in [0.1, 0.15) is 16.7 Å². The van der Waals surface area contributed by atoms with Crippen LogP contribution >= 0.6 is 22.6 Å². The number of nitrogens with one attached hydrogen (secondary N) is 1. The Balaban J connectivity index is 1.33. The molecule has 5 rings (SSSR count). The molecule has 0 radical (unpaired) electrons. The Bertz CT molecular complexity index is 1460. The first kappa shape index (κ1) is 21.4. The van der Waals surface area contributed by atoms with Crippen LogP contribution in [0, 0.1) is 3.57 Å². The number of halogens is 1. The van der Waals surface area contributed by atoms with Gasteiger partial charge in [0.25, 0.3) is 0 Å². The van der Waals surface area contributed by atoms with Crippen LogP contribution in [0.4, 0.5) is 0 Å². The van der Waals surface area contributed by atoms with E-state index in [2.05, 4.69) is 92.4 Å². The molecule has 0 aliphatic heterocycles. The number of hydrazone groups is 1. The van der Waals surface area contributed by atoms with E-state index in [1.54, 1.807) is 6.21 Å². The minimum Gasteiger partial charge on any atom is -0.342 e. The largest absolute Gasteiger partial charge is 0.342 e. The van der Waals surface area contributed by atoms with Crippen LogP contribution in [0.25, 0.3) is 21.7 Å². The smallest absolute Gasteiger partial charge is 0.244 e. The fraction of sp³-hybridized carbons (Fsp3) is 0.0714. The highest BCUT2D eigenvalue weighted by atomic mass is 127. The van der Waals surface area contributed by atoms with E-state index in [-0.39, 0.29) is 12.3 Å². The second-order valence-electron chi connectivity index (χ2n) is 7.96. The summed E-state index contributed by atoms with van der Waals surface area (Å²) in [5.41, 5.74) is 7.04. The van der Waals surface area contributed by atoms with Gasteiger partial charge in [0, 0.05) is 32.8 Å². The number of carbonyl (C=O) groups excluding carboxylic acids is 1. The maximum absolute atomic E-state index is 12.6. The van der Waals surface area contributed by atoms with Crippen molar-refractivity contribution in [1.29, 1.82) is 0 Å². The molecule has 5 aromatic rings. The molecule has 0 unspecified atom stereocenters. The quantitative estimate of drug-likeness (QED) is 0.156. The number of fused-ring (bicyclic) bond motifs is 2. The molecule has 0 saturated carbocycles. The van der Waals surface area contributed by atoms with Gasteiger partial charge in [0.05, 0.1) is 12.6 Å². The second kappa shape index (κ2) is 9.58. The molecule has 1 heterocycles. The zero-order valence-corrected chi connectivity index (χ0v) is 20.1. The summed E-state index contributed by atoms with van der Waals surface area (Å²) >= 11 is 2.32. The first-order chi connectivity index (χ1) is 16.2. The van der Waals surface area contributed by atoms with Crippen molar-refractivity contribution >= 4 is 56.4 Å². The summed E-state index contributed by atoms with van der Waals surface area (Å²) in [7, 11) is 0. The molecular weight excluding hydrogens is 521 g/mol. The molecule has 0 aliphatic rings. The van der Waals surface area contributed by atoms with E-state index in [0.29, 0.717) is 0 Å². The highest BCUT2D eigenvalue weighted by Gasteiger charge is 2.09. The molecule has 1 aromatic heterocycles. The van der Waals surface area contributed by atoms with Crippen molar-refractivity contribution in [2.24, 2.45) is 5.10 Å². The molecule has 4 aromatic carbocycles. The van der Waals surface area contributed by atoms with Crippen molar-refractivity contribution in [3.05, 3.63) is 117 Å². The van der Waals surface area contributed by atoms with Crippen molar-refractivity contribution in [3.63, 3.8) is 0 Å². The van der Waals surface area contributed by atoms with Crippen LogP contribution in [0.5, 0.6) is 0 Å². The van der Waals surface area contributed by atoms with Gasteiger partial charge in [0.2, 0.25) is 5.91 Å². The number of benzene rings is 4. The average molecular weight is 543 g/mol. The number of carbonyl (C=O) groups is 1. The van der Waals surface area contributed by atoms with Gasteiger partial charge in [-0.15, -0.1) is 0 Å². The Morgan fingerprint density at radius 2 is 1.61 bits per heavy atom. The number of para-hydroxylation sites is 1. The normalized spacial score (nSPS) is 11.4. The maximum Gasteiger partial charge on any atom is 0.244 e. The van der Waals surface area contributed by atoms with Crippen molar-refractivity contribution in [2.45, 2.75) is 13.0 Å². The Morgan fingerprint density at radius 3 is 2.45 bits per heavy atom. The van der Waals surface area contributed by atoms with Crippen LogP contribution in [-0.2, 0) is 17.8 Å². The standard InChI is InChI=1S/C28H22IN3O/c29-24-14-12-20(13-15-24)18-32-19-23(26-10-3-4-11-27(26)32)17-30-31-28(33)16-22-8-5-7-21-6-1-2-9-25(21)22/h1-15,17,19H,16,18H2,(H,31,33)/b30-17-. The molecule has 0 aliphatic carbocycles. The van der Waals surface area contributed by atoms with Gasteiger partial charge in [-0.25, -0.2) is 5.43 Å². The zero-order valence-electron chi connectivity index (χ0n) is 17.9. The first-order valence-corrected chi connectivity index (χ1v) is 11.9. The van der Waals surface area contributed by atoms with Gasteiger partial charge in [-0.3, -0.25) is 4.79 Å². The van der Waals surface area contributed by atoms with Crippen LogP contribution in [0.15, 0.2) is 102 Å². The zero-order chi connectivity index (χ0) is 22.6. The summed E-state index contributed by atoms with van der Waals surface area (Å²) in [6, 6.07) is 30.9. The molecule has 5 heteroatoms. The molecule has 1 amide bonds. The summed E-state index contributed by atoms with van der Waals surface area (Å²) < 4.78 is 3.44. The third kappa shape index (κ3) is 4.83. The highest BCUT2D eigenvalue weighted by Crippen LogP contribution is 2.22. The second-order valence-corrected chi connectivity index (χ2v) is 9.21. The van der Waals surface area contributed by atoms with Crippen molar-refractivity contribution in [3.8, 4) is 0 Å². The van der Waals surface area contributed by atoms with Crippen molar-refractivity contribution < 1.29 is 4.79 Å². The van der Waals surface area contributed by atoms with Gasteiger partial charge >= 0.3 is 0 Å². The number of hydrogen-bond donors (Lipinski definition) is 1. The molecule has 33 heavy (non-hydrogen) atoms. The summed E-state index contributed by atoms with van der Waals surface area (Å²) in [5, 5.41) is 7.59. The van der Waals surface area contributed by atoms with Gasteiger partial charge in [-0.1, -0.05) is 72.8 Å². The fourth-order valence-electron chi connectivity index (χ4n) is 4.13. The van der Waals surface area contributed by atoms with E-state index in [1.807, 2.05) is 42.5 Å². The Labute approximate surface area is 206 Å². The lowest BCUT2D eigenvalue weighted by Gasteiger charge is -2.05. The minimum absolute atomic E-state index is 0.134. The lowest BCUT2D eigenvalue weighted by Crippen LogP contribution is -2.19. The van der Waals surface area contributed by atoms with E-state index in [9.17, 15) is 4.79 Å². The first-order valence-electron chi connectivity index (χ1n) is 10.8. The van der Waals surface area contributed by atoms with Crippen LogP contribution in [0.2, 0.25) is 0 Å². The molecule has 162 valence electrons. The third-order valence-electron chi connectivity index (χ3n) is 5.71. The number of nitrogens with zero attached hydrogens (tertiary/aromatic N) is 2. The minimum atomic E-state index is -0.134. The van der Waals surface area contributed by atoms with Crippen LogP contribution in [-0.4, -0.2) is 16.7 Å². The van der Waals surface area contributed by atoms with Gasteiger partial charge in [0.15, 0.2) is 0 Å². The number of aromatic nitrogens is 1. The van der Waals surface area contributed by atoms with E-state index >= 15 is 0 Å². The highest BCUT2D eigenvalue weighted by molar-refractivity contribution is 14.1. The van der Waals surface area contributed by atoms with E-state index in [4.69, 9.17) is 0 Å². The maximum atomic E-state index is 12.6. The van der Waals surface area contributed by atoms with E-state index < -0.39 is 0 Å². The fourth-order valence-corrected chi connectivity index (χ4v) is 4.49. The van der Waals surface area contributed by atoms with Crippen LogP contribution < -0.4 is 5.43 Å². The van der Waals surface area contributed by atoms with Gasteiger partial charge < -0.3 is 4.57 Å². The predicted molar refractivity (Wildman–Crippen MR) is 144 cm³/mol. The summed E-state index contributed by atoms with van der Waals surface area (Å²) in [4.78, 5) is 12.6. The van der Waals surface area contributed by atoms with E-state index in [1.165, 1.54) is 9.13 Å².